The summed E-state index contributed by atoms with van der Waals surface area (Å²) >= 11 is 6.09. The van der Waals surface area contributed by atoms with E-state index < -0.39 is 11.6 Å². The number of aryl methyl sites for hydroxylation is 1. The number of benzene rings is 2. The molecule has 0 amide bonds. The van der Waals surface area contributed by atoms with Crippen molar-refractivity contribution in [1.82, 2.24) is 9.78 Å². The van der Waals surface area contributed by atoms with E-state index in [-0.39, 0.29) is 12.4 Å². The second-order valence-electron chi connectivity index (χ2n) is 5.70. The van der Waals surface area contributed by atoms with Crippen LogP contribution >= 0.6 is 11.6 Å². The topological polar surface area (TPSA) is 50.8 Å². The van der Waals surface area contributed by atoms with E-state index in [1.54, 1.807) is 22.9 Å². The van der Waals surface area contributed by atoms with Crippen LogP contribution in [0.1, 0.15) is 22.5 Å². The Hall–Kier alpha value is -2.91. The third kappa shape index (κ3) is 3.39. The highest BCUT2D eigenvalue weighted by Gasteiger charge is 2.15. The van der Waals surface area contributed by atoms with Crippen molar-refractivity contribution in [1.29, 1.82) is 5.26 Å². The molecule has 0 radical (unpaired) electrons. The largest absolute Gasteiger partial charge is 0.486 e. The van der Waals surface area contributed by atoms with Crippen molar-refractivity contribution < 1.29 is 13.5 Å². The number of ether oxygens (including phenoxy) is 1. The van der Waals surface area contributed by atoms with Gasteiger partial charge in [0.15, 0.2) is 11.6 Å². The maximum absolute atomic E-state index is 13.7. The van der Waals surface area contributed by atoms with Crippen molar-refractivity contribution in [2.45, 2.75) is 20.5 Å². The molecule has 1 heterocycles. The molecule has 0 aliphatic rings. The highest BCUT2D eigenvalue weighted by Crippen LogP contribution is 2.25. The van der Waals surface area contributed by atoms with E-state index in [2.05, 4.69) is 5.10 Å². The normalized spacial score (nSPS) is 10.6. The van der Waals surface area contributed by atoms with Crippen LogP contribution in [0.3, 0.4) is 0 Å². The van der Waals surface area contributed by atoms with Gasteiger partial charge >= 0.3 is 0 Å². The standard InChI is InChI=1S/C19H14ClF2N3O/c1-11-16(10-26-19-6-4-14(21)7-18(19)22)12(2)25(24-11)15-5-3-13(9-23)17(20)8-15/h3-8H,10H2,1-2H3. The minimum Gasteiger partial charge on any atom is -0.486 e. The van der Waals surface area contributed by atoms with Crippen molar-refractivity contribution in [3.8, 4) is 17.5 Å². The van der Waals surface area contributed by atoms with Gasteiger partial charge in [0, 0.05) is 17.3 Å². The second kappa shape index (κ2) is 7.14. The quantitative estimate of drug-likeness (QED) is 0.655. The minimum absolute atomic E-state index is 0.0284. The molecule has 0 aliphatic heterocycles. The molecule has 0 saturated carbocycles. The Morgan fingerprint density at radius 1 is 1.19 bits per heavy atom. The second-order valence-corrected chi connectivity index (χ2v) is 6.11. The van der Waals surface area contributed by atoms with Crippen molar-refractivity contribution in [2.75, 3.05) is 0 Å². The summed E-state index contributed by atoms with van der Waals surface area (Å²) in [6, 6.07) is 10.2. The number of rotatable bonds is 4. The SMILES string of the molecule is Cc1nn(-c2ccc(C#N)c(Cl)c2)c(C)c1COc1ccc(F)cc1F. The van der Waals surface area contributed by atoms with Crippen molar-refractivity contribution in [3.63, 3.8) is 0 Å². The number of halogens is 3. The summed E-state index contributed by atoms with van der Waals surface area (Å²) in [5.74, 6) is -1.45. The Kier molecular flexibility index (Phi) is 4.92. The molecule has 0 unspecified atom stereocenters. The first kappa shape index (κ1) is 17.9. The molecule has 0 atom stereocenters. The zero-order chi connectivity index (χ0) is 18.8. The lowest BCUT2D eigenvalue weighted by molar-refractivity contribution is 0.288. The van der Waals surface area contributed by atoms with Crippen LogP contribution in [0.2, 0.25) is 5.02 Å². The lowest BCUT2D eigenvalue weighted by Crippen LogP contribution is -2.02. The van der Waals surface area contributed by atoms with Gasteiger partial charge in [0.25, 0.3) is 0 Å². The maximum atomic E-state index is 13.7. The predicted molar refractivity (Wildman–Crippen MR) is 93.5 cm³/mol. The predicted octanol–water partition coefficient (Wildman–Crippen LogP) is 4.87. The van der Waals surface area contributed by atoms with Crippen LogP contribution in [-0.4, -0.2) is 9.78 Å². The van der Waals surface area contributed by atoms with Gasteiger partial charge in [0.05, 0.1) is 22.0 Å². The van der Waals surface area contributed by atoms with Gasteiger partial charge in [-0.2, -0.15) is 10.4 Å². The molecular weight excluding hydrogens is 360 g/mol. The van der Waals surface area contributed by atoms with E-state index in [1.165, 1.54) is 6.07 Å². The molecule has 4 nitrogen and oxygen atoms in total. The molecule has 1 aromatic heterocycles. The molecule has 0 aliphatic carbocycles. The van der Waals surface area contributed by atoms with E-state index in [4.69, 9.17) is 21.6 Å². The Balaban J connectivity index is 1.88. The summed E-state index contributed by atoms with van der Waals surface area (Å²) in [7, 11) is 0. The van der Waals surface area contributed by atoms with Gasteiger partial charge < -0.3 is 4.74 Å². The van der Waals surface area contributed by atoms with Crippen molar-refractivity contribution >= 4 is 11.6 Å². The van der Waals surface area contributed by atoms with Crippen LogP contribution in [0.4, 0.5) is 8.78 Å². The fourth-order valence-corrected chi connectivity index (χ4v) is 2.82. The smallest absolute Gasteiger partial charge is 0.167 e. The first-order valence-electron chi connectivity index (χ1n) is 7.73. The van der Waals surface area contributed by atoms with Crippen LogP contribution in [-0.2, 0) is 6.61 Å². The molecule has 0 fully saturated rings. The lowest BCUT2D eigenvalue weighted by Gasteiger charge is -2.09. The van der Waals surface area contributed by atoms with Gasteiger partial charge in [-0.3, -0.25) is 0 Å². The molecule has 0 N–H and O–H groups in total. The zero-order valence-electron chi connectivity index (χ0n) is 14.1. The van der Waals surface area contributed by atoms with Crippen LogP contribution in [0, 0.1) is 36.8 Å². The average Bonchev–Trinajstić information content (AvgIpc) is 2.88. The summed E-state index contributed by atoms with van der Waals surface area (Å²) in [5, 5.41) is 13.8. The average molecular weight is 374 g/mol. The fraction of sp³-hybridized carbons (Fsp3) is 0.158. The first-order chi connectivity index (χ1) is 12.4. The molecule has 3 aromatic rings. The first-order valence-corrected chi connectivity index (χ1v) is 8.11. The Morgan fingerprint density at radius 2 is 1.96 bits per heavy atom. The summed E-state index contributed by atoms with van der Waals surface area (Å²) < 4.78 is 33.9. The number of nitriles is 1. The molecule has 2 aromatic carbocycles. The van der Waals surface area contributed by atoms with E-state index in [0.29, 0.717) is 22.0 Å². The molecule has 0 saturated heterocycles. The Bertz CT molecular complexity index is 1020. The van der Waals surface area contributed by atoms with Crippen molar-refractivity contribution in [3.05, 3.63) is 75.6 Å². The summed E-state index contributed by atoms with van der Waals surface area (Å²) in [4.78, 5) is 0. The van der Waals surface area contributed by atoms with E-state index >= 15 is 0 Å². The molecule has 7 heteroatoms. The number of hydrogen-bond donors (Lipinski definition) is 0. The highest BCUT2D eigenvalue weighted by atomic mass is 35.5. The lowest BCUT2D eigenvalue weighted by atomic mass is 10.2. The van der Waals surface area contributed by atoms with E-state index in [9.17, 15) is 8.78 Å². The highest BCUT2D eigenvalue weighted by molar-refractivity contribution is 6.31. The third-order valence-electron chi connectivity index (χ3n) is 4.02. The Morgan fingerprint density at radius 3 is 2.62 bits per heavy atom. The summed E-state index contributed by atoms with van der Waals surface area (Å²) in [6.07, 6.45) is 0. The molecule has 26 heavy (non-hydrogen) atoms. The summed E-state index contributed by atoms with van der Waals surface area (Å²) in [6.45, 7) is 3.75. The van der Waals surface area contributed by atoms with Gasteiger partial charge in [-0.1, -0.05) is 11.6 Å². The van der Waals surface area contributed by atoms with Gasteiger partial charge in [0.1, 0.15) is 18.5 Å². The van der Waals surface area contributed by atoms with E-state index in [1.807, 2.05) is 19.9 Å². The molecular formula is C19H14ClF2N3O. The van der Waals surface area contributed by atoms with Crippen LogP contribution in [0.25, 0.3) is 5.69 Å². The maximum Gasteiger partial charge on any atom is 0.167 e. The van der Waals surface area contributed by atoms with E-state index in [0.717, 1.165) is 23.4 Å². The van der Waals surface area contributed by atoms with Gasteiger partial charge in [-0.25, -0.2) is 13.5 Å². The molecule has 132 valence electrons. The van der Waals surface area contributed by atoms with Crippen LogP contribution in [0.5, 0.6) is 5.75 Å². The van der Waals surface area contributed by atoms with Gasteiger partial charge in [-0.05, 0) is 44.2 Å². The van der Waals surface area contributed by atoms with Gasteiger partial charge in [-0.15, -0.1) is 0 Å². The molecule has 0 spiro atoms. The van der Waals surface area contributed by atoms with Gasteiger partial charge in [0.2, 0.25) is 0 Å². The zero-order valence-corrected chi connectivity index (χ0v) is 14.8. The molecule has 0 bridgehead atoms. The summed E-state index contributed by atoms with van der Waals surface area (Å²) in [5.41, 5.74) is 3.38. The van der Waals surface area contributed by atoms with Crippen LogP contribution in [0.15, 0.2) is 36.4 Å². The van der Waals surface area contributed by atoms with Crippen molar-refractivity contribution in [2.24, 2.45) is 0 Å². The van der Waals surface area contributed by atoms with Crippen LogP contribution < -0.4 is 4.74 Å². The number of hydrogen-bond acceptors (Lipinski definition) is 3. The monoisotopic (exact) mass is 373 g/mol. The fourth-order valence-electron chi connectivity index (χ4n) is 2.60. The number of aromatic nitrogens is 2. The Labute approximate surface area is 154 Å². The number of nitrogens with zero attached hydrogens (tertiary/aromatic N) is 3. The third-order valence-corrected chi connectivity index (χ3v) is 4.34. The molecule has 3 rings (SSSR count). The minimum atomic E-state index is -0.758.